The second-order valence-corrected chi connectivity index (χ2v) is 5.76. The van der Waals surface area contributed by atoms with Crippen LogP contribution in [0.3, 0.4) is 0 Å². The van der Waals surface area contributed by atoms with Crippen LogP contribution in [0.15, 0.2) is 6.33 Å². The molecule has 0 radical (unpaired) electrons. The van der Waals surface area contributed by atoms with E-state index in [-0.39, 0.29) is 31.0 Å². The van der Waals surface area contributed by atoms with Gasteiger partial charge in [0, 0.05) is 13.6 Å². The topological polar surface area (TPSA) is 98.1 Å². The predicted octanol–water partition coefficient (Wildman–Crippen LogP) is 0.907. The molecule has 118 valence electrons. The average Bonchev–Trinajstić information content (AvgIpc) is 2.72. The molecule has 8 heteroatoms. The highest BCUT2D eigenvalue weighted by Crippen LogP contribution is 2.08. The Kier molecular flexibility index (Phi) is 5.69. The van der Waals surface area contributed by atoms with Gasteiger partial charge in [-0.15, -0.1) is 10.2 Å². The number of esters is 1. The first-order valence-corrected chi connectivity index (χ1v) is 6.79. The summed E-state index contributed by atoms with van der Waals surface area (Å²) in [6.45, 7) is 7.42. The van der Waals surface area contributed by atoms with Gasteiger partial charge >= 0.3 is 12.0 Å². The fraction of sp³-hybridized carbons (Fsp3) is 0.692. The summed E-state index contributed by atoms with van der Waals surface area (Å²) in [6.07, 6.45) is 1.69. The molecule has 0 aliphatic carbocycles. The van der Waals surface area contributed by atoms with Crippen LogP contribution in [-0.2, 0) is 16.6 Å². The Morgan fingerprint density at radius 2 is 2.10 bits per heavy atom. The van der Waals surface area contributed by atoms with E-state index in [1.54, 1.807) is 45.6 Å². The van der Waals surface area contributed by atoms with Crippen LogP contribution >= 0.6 is 0 Å². The number of hydrogen-bond donors (Lipinski definition) is 2. The molecule has 1 atom stereocenters. The molecule has 8 nitrogen and oxygen atoms in total. The molecule has 0 aromatic carbocycles. The lowest BCUT2D eigenvalue weighted by Crippen LogP contribution is -2.39. The summed E-state index contributed by atoms with van der Waals surface area (Å²) in [6, 6.07) is -0.645. The van der Waals surface area contributed by atoms with E-state index < -0.39 is 5.60 Å². The second kappa shape index (κ2) is 7.05. The van der Waals surface area contributed by atoms with Crippen molar-refractivity contribution >= 4 is 12.0 Å². The quantitative estimate of drug-likeness (QED) is 0.787. The van der Waals surface area contributed by atoms with Crippen molar-refractivity contribution < 1.29 is 14.3 Å². The summed E-state index contributed by atoms with van der Waals surface area (Å²) >= 11 is 0. The maximum absolute atomic E-state index is 11.7. The molecule has 21 heavy (non-hydrogen) atoms. The van der Waals surface area contributed by atoms with Gasteiger partial charge in [0.05, 0.1) is 12.5 Å². The third kappa shape index (κ3) is 6.24. The number of hydrogen-bond acceptors (Lipinski definition) is 5. The molecule has 1 rings (SSSR count). The van der Waals surface area contributed by atoms with Gasteiger partial charge < -0.3 is 19.9 Å². The number of carbonyl (C=O) groups is 2. The summed E-state index contributed by atoms with van der Waals surface area (Å²) in [5.74, 6) is 0.307. The summed E-state index contributed by atoms with van der Waals surface area (Å²) in [5, 5.41) is 13.0. The van der Waals surface area contributed by atoms with Gasteiger partial charge in [-0.25, -0.2) is 4.79 Å². The fourth-order valence-electron chi connectivity index (χ4n) is 1.67. The van der Waals surface area contributed by atoms with Crippen molar-refractivity contribution in [2.75, 3.05) is 6.54 Å². The van der Waals surface area contributed by atoms with E-state index in [0.717, 1.165) is 0 Å². The lowest BCUT2D eigenvalue weighted by Gasteiger charge is -2.19. The Hall–Kier alpha value is -2.12. The highest BCUT2D eigenvalue weighted by atomic mass is 16.6. The first-order chi connectivity index (χ1) is 9.69. The van der Waals surface area contributed by atoms with Gasteiger partial charge in [-0.3, -0.25) is 4.79 Å². The molecule has 0 aliphatic rings. The summed E-state index contributed by atoms with van der Waals surface area (Å²) in [5.41, 5.74) is -0.515. The molecule has 0 saturated heterocycles. The van der Waals surface area contributed by atoms with E-state index in [9.17, 15) is 9.59 Å². The molecule has 2 amide bonds. The van der Waals surface area contributed by atoms with Gasteiger partial charge in [0.25, 0.3) is 0 Å². The van der Waals surface area contributed by atoms with Gasteiger partial charge in [0.2, 0.25) is 0 Å². The first-order valence-electron chi connectivity index (χ1n) is 6.79. The molecule has 0 fully saturated rings. The Balaban J connectivity index is 2.29. The molecule has 1 unspecified atom stereocenters. The van der Waals surface area contributed by atoms with Crippen molar-refractivity contribution in [3.8, 4) is 0 Å². The van der Waals surface area contributed by atoms with Crippen LogP contribution in [0.25, 0.3) is 0 Å². The molecule has 2 N–H and O–H groups in total. The largest absolute Gasteiger partial charge is 0.460 e. The van der Waals surface area contributed by atoms with E-state index in [2.05, 4.69) is 20.8 Å². The Labute approximate surface area is 124 Å². The molecule has 1 aromatic rings. The zero-order chi connectivity index (χ0) is 16.0. The van der Waals surface area contributed by atoms with Crippen molar-refractivity contribution in [3.05, 3.63) is 12.2 Å². The van der Waals surface area contributed by atoms with Crippen molar-refractivity contribution in [1.82, 2.24) is 25.4 Å². The van der Waals surface area contributed by atoms with Crippen molar-refractivity contribution in [1.29, 1.82) is 0 Å². The van der Waals surface area contributed by atoms with Gasteiger partial charge in [-0.2, -0.15) is 0 Å². The van der Waals surface area contributed by atoms with E-state index >= 15 is 0 Å². The van der Waals surface area contributed by atoms with E-state index in [1.807, 2.05) is 0 Å². The minimum atomic E-state index is -0.515. The Bertz CT molecular complexity index is 492. The van der Waals surface area contributed by atoms with Gasteiger partial charge in [0.1, 0.15) is 11.9 Å². The number of amides is 2. The highest BCUT2D eigenvalue weighted by Gasteiger charge is 2.17. The van der Waals surface area contributed by atoms with Crippen LogP contribution in [0.1, 0.15) is 46.0 Å². The molecule has 0 bridgehead atoms. The summed E-state index contributed by atoms with van der Waals surface area (Å²) in [7, 11) is 1.80. The maximum Gasteiger partial charge on any atom is 0.315 e. The lowest BCUT2D eigenvalue weighted by molar-refractivity contribution is -0.154. The van der Waals surface area contributed by atoms with Gasteiger partial charge in [-0.05, 0) is 27.7 Å². The number of aryl methyl sites for hydroxylation is 1. The average molecular weight is 297 g/mol. The number of ether oxygens (including phenoxy) is 1. The molecular formula is C13H23N5O3. The molecule has 0 saturated carbocycles. The summed E-state index contributed by atoms with van der Waals surface area (Å²) in [4.78, 5) is 23.2. The van der Waals surface area contributed by atoms with Crippen LogP contribution in [0.5, 0.6) is 0 Å². The zero-order valence-corrected chi connectivity index (χ0v) is 13.1. The standard InChI is InChI=1S/C13H23N5O3/c1-9(11-17-15-8-18(11)5)16-12(20)14-7-6-10(19)21-13(2,3)4/h8-9H,6-7H2,1-5H3,(H2,14,16,20). The Morgan fingerprint density at radius 3 is 2.62 bits per heavy atom. The fourth-order valence-corrected chi connectivity index (χ4v) is 1.67. The number of urea groups is 1. The number of nitrogens with zero attached hydrogens (tertiary/aromatic N) is 3. The van der Waals surface area contributed by atoms with E-state index in [1.165, 1.54) is 0 Å². The number of carbonyl (C=O) groups excluding carboxylic acids is 2. The van der Waals surface area contributed by atoms with Gasteiger partial charge in [0.15, 0.2) is 5.82 Å². The van der Waals surface area contributed by atoms with Crippen molar-refractivity contribution in [2.45, 2.75) is 45.8 Å². The van der Waals surface area contributed by atoms with Crippen molar-refractivity contribution in [3.63, 3.8) is 0 Å². The SMILES string of the molecule is CC(NC(=O)NCCC(=O)OC(C)(C)C)c1nncn1C. The zero-order valence-electron chi connectivity index (χ0n) is 13.1. The first kappa shape index (κ1) is 16.9. The number of rotatable bonds is 5. The minimum Gasteiger partial charge on any atom is -0.460 e. The van der Waals surface area contributed by atoms with Gasteiger partial charge in [-0.1, -0.05) is 0 Å². The van der Waals surface area contributed by atoms with E-state index in [4.69, 9.17) is 4.74 Å². The maximum atomic E-state index is 11.7. The monoisotopic (exact) mass is 297 g/mol. The molecule has 0 aliphatic heterocycles. The predicted molar refractivity (Wildman–Crippen MR) is 76.4 cm³/mol. The molecular weight excluding hydrogens is 274 g/mol. The molecule has 1 aromatic heterocycles. The van der Waals surface area contributed by atoms with Crippen LogP contribution in [0, 0.1) is 0 Å². The van der Waals surface area contributed by atoms with Crippen molar-refractivity contribution in [2.24, 2.45) is 7.05 Å². The molecule has 1 heterocycles. The highest BCUT2D eigenvalue weighted by molar-refractivity contribution is 5.75. The third-order valence-corrected chi connectivity index (χ3v) is 2.52. The normalized spacial score (nSPS) is 12.6. The molecule has 0 spiro atoms. The summed E-state index contributed by atoms with van der Waals surface area (Å²) < 4.78 is 6.87. The second-order valence-electron chi connectivity index (χ2n) is 5.76. The smallest absolute Gasteiger partial charge is 0.315 e. The third-order valence-electron chi connectivity index (χ3n) is 2.52. The number of aromatic nitrogens is 3. The van der Waals surface area contributed by atoms with Crippen LogP contribution in [-0.4, -0.2) is 38.9 Å². The Morgan fingerprint density at radius 1 is 1.43 bits per heavy atom. The minimum absolute atomic E-state index is 0.128. The van der Waals surface area contributed by atoms with Crippen LogP contribution in [0.2, 0.25) is 0 Å². The van der Waals surface area contributed by atoms with E-state index in [0.29, 0.717) is 5.82 Å². The number of nitrogens with one attached hydrogen (secondary N) is 2. The lowest BCUT2D eigenvalue weighted by atomic mass is 10.2. The van der Waals surface area contributed by atoms with Crippen LogP contribution in [0.4, 0.5) is 4.79 Å². The van der Waals surface area contributed by atoms with Crippen LogP contribution < -0.4 is 10.6 Å².